The Morgan fingerprint density at radius 3 is 2.42 bits per heavy atom. The third-order valence-corrected chi connectivity index (χ3v) is 4.97. The highest BCUT2D eigenvalue weighted by Crippen LogP contribution is 2.29. The molecule has 0 bridgehead atoms. The minimum absolute atomic E-state index is 0.0127. The van der Waals surface area contributed by atoms with Crippen molar-refractivity contribution < 1.29 is 24.0 Å². The van der Waals surface area contributed by atoms with Crippen molar-refractivity contribution in [3.63, 3.8) is 0 Å². The van der Waals surface area contributed by atoms with Crippen molar-refractivity contribution in [3.8, 4) is 0 Å². The van der Waals surface area contributed by atoms with Gasteiger partial charge in [0.2, 0.25) is 5.91 Å². The summed E-state index contributed by atoms with van der Waals surface area (Å²) in [5, 5.41) is 5.12. The molecule has 1 aliphatic heterocycles. The summed E-state index contributed by atoms with van der Waals surface area (Å²) >= 11 is 0. The van der Waals surface area contributed by atoms with Gasteiger partial charge in [-0.2, -0.15) is 0 Å². The first kappa shape index (κ1) is 20.4. The molecule has 1 N–H and O–H groups in total. The Morgan fingerprint density at radius 2 is 1.65 bits per heavy atom. The molecule has 2 aromatic heterocycles. The van der Waals surface area contributed by atoms with Crippen molar-refractivity contribution in [2.24, 2.45) is 0 Å². The van der Waals surface area contributed by atoms with Crippen molar-refractivity contribution in [2.75, 3.05) is 5.32 Å². The molecule has 0 saturated carbocycles. The smallest absolute Gasteiger partial charge is 0.330 e. The Balaban J connectivity index is 1.32. The molecule has 0 atom stereocenters. The largest absolute Gasteiger partial charge is 0.333 e. The van der Waals surface area contributed by atoms with Crippen molar-refractivity contribution in [1.82, 2.24) is 15.0 Å². The van der Waals surface area contributed by atoms with E-state index in [4.69, 9.17) is 4.84 Å². The van der Waals surface area contributed by atoms with Crippen LogP contribution in [0.5, 0.6) is 0 Å². The summed E-state index contributed by atoms with van der Waals surface area (Å²) < 4.78 is 0. The molecule has 0 unspecified atom stereocenters. The predicted octanol–water partition coefficient (Wildman–Crippen LogP) is 2.89. The summed E-state index contributed by atoms with van der Waals surface area (Å²) in [5.41, 5.74) is 2.13. The number of aromatic nitrogens is 2. The lowest BCUT2D eigenvalue weighted by molar-refractivity contribution is -0.197. The van der Waals surface area contributed by atoms with Crippen LogP contribution in [0.1, 0.15) is 38.5 Å². The van der Waals surface area contributed by atoms with E-state index in [1.807, 2.05) is 24.3 Å². The van der Waals surface area contributed by atoms with Gasteiger partial charge in [0, 0.05) is 48.8 Å². The standard InChI is InChI=1S/C22H20N4O5/c27-17(7-1-2-8-20(30)31-26-18(28)9-10-19(26)29)25-16-13-14-5-3-11-23-21(14)22-15(16)6-4-12-24-22/h3-6,11-13H,1-2,7-10H2,(H,25,27). The summed E-state index contributed by atoms with van der Waals surface area (Å²) in [7, 11) is 0. The Labute approximate surface area is 177 Å². The first-order chi connectivity index (χ1) is 15.0. The van der Waals surface area contributed by atoms with Crippen LogP contribution >= 0.6 is 0 Å². The van der Waals surface area contributed by atoms with Gasteiger partial charge in [0.15, 0.2) is 0 Å². The second-order valence-electron chi connectivity index (χ2n) is 7.20. The minimum Gasteiger partial charge on any atom is -0.330 e. The fourth-order valence-corrected chi connectivity index (χ4v) is 3.45. The van der Waals surface area contributed by atoms with Gasteiger partial charge in [-0.15, -0.1) is 5.06 Å². The molecule has 1 aromatic carbocycles. The number of fused-ring (bicyclic) bond motifs is 3. The maximum Gasteiger partial charge on any atom is 0.333 e. The maximum absolute atomic E-state index is 12.4. The maximum atomic E-state index is 12.4. The minimum atomic E-state index is -0.664. The number of nitrogens with one attached hydrogen (secondary N) is 1. The van der Waals surface area contributed by atoms with Crippen LogP contribution in [0, 0.1) is 0 Å². The lowest BCUT2D eigenvalue weighted by Gasteiger charge is -2.12. The molecule has 4 rings (SSSR count). The van der Waals surface area contributed by atoms with Crippen LogP contribution in [0.4, 0.5) is 5.69 Å². The van der Waals surface area contributed by atoms with Crippen molar-refractivity contribution in [1.29, 1.82) is 0 Å². The van der Waals surface area contributed by atoms with Crippen LogP contribution in [0.25, 0.3) is 21.8 Å². The highest BCUT2D eigenvalue weighted by Gasteiger charge is 2.32. The van der Waals surface area contributed by atoms with Gasteiger partial charge in [-0.3, -0.25) is 24.4 Å². The zero-order valence-corrected chi connectivity index (χ0v) is 16.7. The van der Waals surface area contributed by atoms with Crippen LogP contribution < -0.4 is 5.32 Å². The predicted molar refractivity (Wildman–Crippen MR) is 111 cm³/mol. The van der Waals surface area contributed by atoms with E-state index in [1.165, 1.54) is 0 Å². The molecular weight excluding hydrogens is 400 g/mol. The number of hydrogen-bond acceptors (Lipinski definition) is 7. The van der Waals surface area contributed by atoms with Crippen LogP contribution in [0.15, 0.2) is 42.7 Å². The average molecular weight is 420 g/mol. The molecule has 3 aromatic rings. The first-order valence-corrected chi connectivity index (χ1v) is 10.0. The molecule has 3 heterocycles. The third-order valence-electron chi connectivity index (χ3n) is 4.97. The van der Waals surface area contributed by atoms with E-state index in [-0.39, 0.29) is 31.6 Å². The number of hydroxylamine groups is 2. The number of nitrogens with zero attached hydrogens (tertiary/aromatic N) is 3. The van der Waals surface area contributed by atoms with Crippen molar-refractivity contribution in [2.45, 2.75) is 38.5 Å². The Kier molecular flexibility index (Phi) is 5.83. The normalized spacial score (nSPS) is 13.7. The molecule has 1 fully saturated rings. The van der Waals surface area contributed by atoms with Crippen LogP contribution in [-0.2, 0) is 24.0 Å². The second kappa shape index (κ2) is 8.86. The van der Waals surface area contributed by atoms with Gasteiger partial charge in [-0.05, 0) is 37.1 Å². The molecule has 3 amide bonds. The molecule has 31 heavy (non-hydrogen) atoms. The van der Waals surface area contributed by atoms with Crippen LogP contribution in [-0.4, -0.2) is 38.7 Å². The molecule has 1 aliphatic rings. The van der Waals surface area contributed by atoms with Gasteiger partial charge in [-0.1, -0.05) is 6.07 Å². The molecule has 0 radical (unpaired) electrons. The summed E-state index contributed by atoms with van der Waals surface area (Å²) in [6.07, 6.45) is 4.57. The zero-order valence-electron chi connectivity index (χ0n) is 16.7. The number of carbonyl (C=O) groups excluding carboxylic acids is 4. The van der Waals surface area contributed by atoms with E-state index in [0.29, 0.717) is 29.1 Å². The lowest BCUT2D eigenvalue weighted by Crippen LogP contribution is -2.31. The number of benzene rings is 1. The highest BCUT2D eigenvalue weighted by atomic mass is 16.7. The molecule has 158 valence electrons. The van der Waals surface area contributed by atoms with Crippen molar-refractivity contribution in [3.05, 3.63) is 42.7 Å². The quantitative estimate of drug-likeness (QED) is 0.355. The number of anilines is 1. The second-order valence-corrected chi connectivity index (χ2v) is 7.20. The van der Waals surface area contributed by atoms with E-state index in [9.17, 15) is 19.2 Å². The van der Waals surface area contributed by atoms with Crippen LogP contribution in [0.3, 0.4) is 0 Å². The van der Waals surface area contributed by atoms with Gasteiger partial charge in [0.05, 0.1) is 16.7 Å². The highest BCUT2D eigenvalue weighted by molar-refractivity contribution is 6.12. The zero-order chi connectivity index (χ0) is 21.8. The van der Waals surface area contributed by atoms with E-state index in [0.717, 1.165) is 16.3 Å². The summed E-state index contributed by atoms with van der Waals surface area (Å²) in [6.45, 7) is 0. The number of carbonyl (C=O) groups is 4. The molecular formula is C22H20N4O5. The monoisotopic (exact) mass is 420 g/mol. The number of pyridine rings is 2. The molecule has 1 saturated heterocycles. The fourth-order valence-electron chi connectivity index (χ4n) is 3.45. The molecule has 9 nitrogen and oxygen atoms in total. The SMILES string of the molecule is O=C(CCCCC(=O)ON1C(=O)CCC1=O)Nc1cc2cccnc2c2ncccc12. The topological polar surface area (TPSA) is 119 Å². The number of hydrogen-bond donors (Lipinski definition) is 1. The fraction of sp³-hybridized carbons (Fsp3) is 0.273. The lowest BCUT2D eigenvalue weighted by atomic mass is 10.1. The van der Waals surface area contributed by atoms with Gasteiger partial charge < -0.3 is 10.2 Å². The van der Waals surface area contributed by atoms with Gasteiger partial charge in [-0.25, -0.2) is 4.79 Å². The van der Waals surface area contributed by atoms with E-state index >= 15 is 0 Å². The Hall–Kier alpha value is -3.88. The molecule has 0 spiro atoms. The van der Waals surface area contributed by atoms with Crippen molar-refractivity contribution >= 4 is 51.2 Å². The van der Waals surface area contributed by atoms with E-state index < -0.39 is 17.8 Å². The van der Waals surface area contributed by atoms with E-state index in [2.05, 4.69) is 15.3 Å². The Bertz CT molecular complexity index is 1180. The summed E-state index contributed by atoms with van der Waals surface area (Å²) in [4.78, 5) is 60.8. The van der Waals surface area contributed by atoms with Gasteiger partial charge in [0.1, 0.15) is 0 Å². The molecule has 0 aliphatic carbocycles. The van der Waals surface area contributed by atoms with Crippen LogP contribution in [0.2, 0.25) is 0 Å². The first-order valence-electron chi connectivity index (χ1n) is 10.0. The summed E-state index contributed by atoms with van der Waals surface area (Å²) in [5.74, 6) is -1.87. The summed E-state index contributed by atoms with van der Waals surface area (Å²) in [6, 6.07) is 9.28. The third kappa shape index (κ3) is 4.50. The van der Waals surface area contributed by atoms with Gasteiger partial charge >= 0.3 is 5.97 Å². The number of unbranched alkanes of at least 4 members (excludes halogenated alkanes) is 1. The number of imide groups is 1. The number of amides is 3. The van der Waals surface area contributed by atoms with E-state index in [1.54, 1.807) is 18.5 Å². The number of rotatable bonds is 7. The van der Waals surface area contributed by atoms with Gasteiger partial charge in [0.25, 0.3) is 11.8 Å². The molecule has 9 heteroatoms. The Morgan fingerprint density at radius 1 is 0.968 bits per heavy atom. The average Bonchev–Trinajstić information content (AvgIpc) is 3.09.